The Hall–Kier alpha value is -3.64. The lowest BCUT2D eigenvalue weighted by Crippen LogP contribution is -2.54. The van der Waals surface area contributed by atoms with Crippen LogP contribution in [0.25, 0.3) is 0 Å². The Balaban J connectivity index is 0.000000782. The van der Waals surface area contributed by atoms with Gasteiger partial charge in [-0.15, -0.1) is 0 Å². The number of nitrogens with zero attached hydrogens (tertiary/aromatic N) is 1. The number of nitrogens with one attached hydrogen (secondary N) is 2. The van der Waals surface area contributed by atoms with Crippen LogP contribution in [0.1, 0.15) is 33.6 Å². The fourth-order valence-corrected chi connectivity index (χ4v) is 3.77. The summed E-state index contributed by atoms with van der Waals surface area (Å²) in [6.45, 7) is 4.52. The summed E-state index contributed by atoms with van der Waals surface area (Å²) in [5, 5.41) is 12.4. The van der Waals surface area contributed by atoms with E-state index in [2.05, 4.69) is 10.6 Å². The average Bonchev–Trinajstić information content (AvgIpc) is 3.19. The lowest BCUT2D eigenvalue weighted by molar-refractivity contribution is -0.192. The Bertz CT molecular complexity index is 1100. The second-order valence-corrected chi connectivity index (χ2v) is 8.64. The average molecular weight is 607 g/mol. The predicted octanol–water partition coefficient (Wildman–Crippen LogP) is 0.158. The van der Waals surface area contributed by atoms with Crippen molar-refractivity contribution >= 4 is 35.3 Å². The number of imide groups is 2. The van der Waals surface area contributed by atoms with E-state index < -0.39 is 41.8 Å². The SMILES string of the molecule is NCCOCCOCCOCCOCCNc1cccc2c1C(=O)N([C@H]1CCC(=O)NC1=O)C2=O.O=C(O)C(F)(F)F. The minimum Gasteiger partial charge on any atom is -0.475 e. The van der Waals surface area contributed by atoms with Gasteiger partial charge in [-0.25, -0.2) is 4.79 Å². The largest absolute Gasteiger partial charge is 0.490 e. The van der Waals surface area contributed by atoms with E-state index in [0.717, 1.165) is 4.90 Å². The zero-order valence-corrected chi connectivity index (χ0v) is 22.6. The van der Waals surface area contributed by atoms with Gasteiger partial charge in [-0.05, 0) is 18.6 Å². The van der Waals surface area contributed by atoms with Gasteiger partial charge in [0.05, 0.1) is 64.0 Å². The van der Waals surface area contributed by atoms with Crippen LogP contribution in [0.5, 0.6) is 0 Å². The predicted molar refractivity (Wildman–Crippen MR) is 138 cm³/mol. The number of carboxylic acid groups (broad SMARTS) is 1. The van der Waals surface area contributed by atoms with Gasteiger partial charge in [0.25, 0.3) is 11.8 Å². The Kier molecular flexibility index (Phi) is 14.3. The number of hydrogen-bond acceptors (Lipinski definition) is 11. The van der Waals surface area contributed by atoms with Crippen molar-refractivity contribution in [3.63, 3.8) is 0 Å². The van der Waals surface area contributed by atoms with E-state index in [9.17, 15) is 32.3 Å². The molecular weight excluding hydrogens is 573 g/mol. The Morgan fingerprint density at radius 2 is 1.50 bits per heavy atom. The third kappa shape index (κ3) is 10.6. The van der Waals surface area contributed by atoms with Gasteiger partial charge in [-0.3, -0.25) is 29.4 Å². The zero-order chi connectivity index (χ0) is 31.1. The summed E-state index contributed by atoms with van der Waals surface area (Å²) in [6.07, 6.45) is -4.89. The molecule has 2 heterocycles. The number of ether oxygens (including phenoxy) is 4. The maximum atomic E-state index is 13.0. The number of anilines is 1. The highest BCUT2D eigenvalue weighted by molar-refractivity contribution is 6.25. The first-order valence-corrected chi connectivity index (χ1v) is 12.9. The Morgan fingerprint density at radius 3 is 2.02 bits per heavy atom. The molecule has 2 aliphatic rings. The van der Waals surface area contributed by atoms with Gasteiger partial charge in [-0.1, -0.05) is 6.07 Å². The van der Waals surface area contributed by atoms with Gasteiger partial charge in [0.2, 0.25) is 11.8 Å². The molecule has 4 amide bonds. The second kappa shape index (κ2) is 17.3. The normalized spacial score (nSPS) is 16.6. The minimum atomic E-state index is -5.08. The number of halogens is 3. The van der Waals surface area contributed by atoms with Crippen LogP contribution in [0.15, 0.2) is 18.2 Å². The first kappa shape index (κ1) is 34.6. The van der Waals surface area contributed by atoms with Gasteiger partial charge >= 0.3 is 12.1 Å². The molecule has 5 N–H and O–H groups in total. The van der Waals surface area contributed by atoms with Crippen molar-refractivity contribution in [3.8, 4) is 0 Å². The number of benzene rings is 1. The van der Waals surface area contributed by atoms with Crippen molar-refractivity contribution < 1.29 is 61.2 Å². The summed E-state index contributed by atoms with van der Waals surface area (Å²) < 4.78 is 53.2. The molecule has 14 nitrogen and oxygen atoms in total. The molecule has 0 aliphatic carbocycles. The number of carbonyl (C=O) groups is 5. The highest BCUT2D eigenvalue weighted by Gasteiger charge is 2.45. The first-order valence-electron chi connectivity index (χ1n) is 12.9. The highest BCUT2D eigenvalue weighted by Crippen LogP contribution is 2.32. The Labute approximate surface area is 238 Å². The summed E-state index contributed by atoms with van der Waals surface area (Å²) in [7, 11) is 0. The number of alkyl halides is 3. The molecule has 0 saturated carbocycles. The van der Waals surface area contributed by atoms with Crippen molar-refractivity contribution in [2.75, 3.05) is 71.3 Å². The summed E-state index contributed by atoms with van der Waals surface area (Å²) in [6, 6.07) is 3.92. The van der Waals surface area contributed by atoms with Crippen LogP contribution < -0.4 is 16.4 Å². The van der Waals surface area contributed by atoms with Crippen LogP contribution in [0.3, 0.4) is 0 Å². The molecule has 0 aromatic heterocycles. The molecule has 1 saturated heterocycles. The maximum Gasteiger partial charge on any atom is 0.490 e. The number of hydrogen-bond donors (Lipinski definition) is 4. The Morgan fingerprint density at radius 1 is 0.952 bits per heavy atom. The van der Waals surface area contributed by atoms with Crippen LogP contribution in [-0.4, -0.2) is 118 Å². The molecule has 3 rings (SSSR count). The smallest absolute Gasteiger partial charge is 0.475 e. The summed E-state index contributed by atoms with van der Waals surface area (Å²) in [5.41, 5.74) is 6.26. The first-order chi connectivity index (χ1) is 20.0. The minimum absolute atomic E-state index is 0.0766. The molecule has 0 bridgehead atoms. The third-order valence-corrected chi connectivity index (χ3v) is 5.65. The van der Waals surface area contributed by atoms with Crippen molar-refractivity contribution in [2.45, 2.75) is 25.1 Å². The molecule has 0 radical (unpaired) electrons. The van der Waals surface area contributed by atoms with Gasteiger partial charge in [-0.2, -0.15) is 13.2 Å². The molecule has 1 atom stereocenters. The monoisotopic (exact) mass is 606 g/mol. The number of nitrogens with two attached hydrogens (primary N) is 1. The molecule has 0 spiro atoms. The van der Waals surface area contributed by atoms with Crippen LogP contribution in [-0.2, 0) is 33.3 Å². The van der Waals surface area contributed by atoms with E-state index in [-0.39, 0.29) is 24.0 Å². The van der Waals surface area contributed by atoms with Gasteiger partial charge < -0.3 is 35.1 Å². The zero-order valence-electron chi connectivity index (χ0n) is 22.6. The fourth-order valence-electron chi connectivity index (χ4n) is 3.77. The molecule has 2 aliphatic heterocycles. The number of carbonyl (C=O) groups excluding carboxylic acids is 4. The number of aliphatic carboxylic acids is 1. The topological polar surface area (TPSA) is 196 Å². The lowest BCUT2D eigenvalue weighted by Gasteiger charge is -2.27. The van der Waals surface area contributed by atoms with Crippen molar-refractivity contribution in [1.82, 2.24) is 10.2 Å². The number of piperidine rings is 1. The van der Waals surface area contributed by atoms with E-state index in [4.69, 9.17) is 34.6 Å². The van der Waals surface area contributed by atoms with E-state index in [0.29, 0.717) is 71.6 Å². The van der Waals surface area contributed by atoms with E-state index in [1.165, 1.54) is 0 Å². The van der Waals surface area contributed by atoms with Gasteiger partial charge in [0.15, 0.2) is 0 Å². The quantitative estimate of drug-likeness (QED) is 0.147. The summed E-state index contributed by atoms with van der Waals surface area (Å²) in [5.74, 6) is -4.89. The van der Waals surface area contributed by atoms with Crippen LogP contribution in [0.4, 0.5) is 18.9 Å². The summed E-state index contributed by atoms with van der Waals surface area (Å²) >= 11 is 0. The molecule has 1 aromatic rings. The molecule has 1 aromatic carbocycles. The molecule has 234 valence electrons. The molecule has 42 heavy (non-hydrogen) atoms. The summed E-state index contributed by atoms with van der Waals surface area (Å²) in [4.78, 5) is 59.3. The van der Waals surface area contributed by atoms with Crippen molar-refractivity contribution in [3.05, 3.63) is 29.3 Å². The molecule has 1 fully saturated rings. The third-order valence-electron chi connectivity index (χ3n) is 5.65. The van der Waals surface area contributed by atoms with Crippen LogP contribution in [0.2, 0.25) is 0 Å². The number of carboxylic acids is 1. The van der Waals surface area contributed by atoms with E-state index >= 15 is 0 Å². The standard InChI is InChI=1S/C23H32N4O8.C2HF3O2/c24-6-8-32-10-12-34-14-15-35-13-11-33-9-7-25-17-3-1-2-16-20(17)23(31)27(22(16)30)18-4-5-19(28)26-21(18)29;3-2(4,5)1(6)7/h1-3,18,25H,4-15,24H2,(H,26,28,29);(H,6,7)/t18-;/m0./s1. The van der Waals surface area contributed by atoms with Crippen LogP contribution >= 0.6 is 0 Å². The van der Waals surface area contributed by atoms with Crippen molar-refractivity contribution in [1.29, 1.82) is 0 Å². The maximum absolute atomic E-state index is 13.0. The highest BCUT2D eigenvalue weighted by atomic mass is 19.4. The molecular formula is C25H33F3N4O10. The van der Waals surface area contributed by atoms with Gasteiger partial charge in [0, 0.05) is 25.2 Å². The van der Waals surface area contributed by atoms with Crippen molar-refractivity contribution in [2.24, 2.45) is 5.73 Å². The second-order valence-electron chi connectivity index (χ2n) is 8.64. The lowest BCUT2D eigenvalue weighted by atomic mass is 10.0. The molecule has 17 heteroatoms. The number of rotatable bonds is 16. The van der Waals surface area contributed by atoms with E-state index in [1.807, 2.05) is 0 Å². The van der Waals surface area contributed by atoms with Gasteiger partial charge in [0.1, 0.15) is 6.04 Å². The van der Waals surface area contributed by atoms with E-state index in [1.54, 1.807) is 18.2 Å². The van der Waals surface area contributed by atoms with Crippen LogP contribution in [0, 0.1) is 0 Å². The number of amides is 4. The molecule has 0 unspecified atom stereocenters. The fraction of sp³-hybridized carbons (Fsp3) is 0.560. The number of fused-ring (bicyclic) bond motifs is 1.